The van der Waals surface area contributed by atoms with E-state index in [-0.39, 0.29) is 23.8 Å². The Labute approximate surface area is 183 Å². The lowest BCUT2D eigenvalue weighted by Crippen LogP contribution is -2.44. The van der Waals surface area contributed by atoms with Gasteiger partial charge >= 0.3 is 0 Å². The molecule has 3 heterocycles. The zero-order chi connectivity index (χ0) is 21.2. The van der Waals surface area contributed by atoms with Crippen LogP contribution in [-0.4, -0.2) is 47.3 Å². The number of hydrogen-bond acceptors (Lipinski definition) is 4. The van der Waals surface area contributed by atoms with Gasteiger partial charge in [0.25, 0.3) is 5.91 Å². The summed E-state index contributed by atoms with van der Waals surface area (Å²) in [5.74, 6) is 0.742. The minimum Gasteiger partial charge on any atom is -0.346 e. The van der Waals surface area contributed by atoms with Crippen LogP contribution in [0.3, 0.4) is 0 Å². The van der Waals surface area contributed by atoms with Gasteiger partial charge in [-0.15, -0.1) is 0 Å². The van der Waals surface area contributed by atoms with E-state index < -0.39 is 0 Å². The summed E-state index contributed by atoms with van der Waals surface area (Å²) in [6, 6.07) is 9.98. The van der Waals surface area contributed by atoms with Crippen LogP contribution in [0, 0.1) is 11.8 Å². The van der Waals surface area contributed by atoms with E-state index in [1.54, 1.807) is 0 Å². The summed E-state index contributed by atoms with van der Waals surface area (Å²) in [5.41, 5.74) is 2.21. The number of fused-ring (bicyclic) bond motifs is 1. The number of piperidine rings is 1. The number of anilines is 1. The predicted octanol–water partition coefficient (Wildman–Crippen LogP) is 2.37. The van der Waals surface area contributed by atoms with Crippen molar-refractivity contribution in [3.8, 4) is 0 Å². The molecule has 0 spiro atoms. The van der Waals surface area contributed by atoms with E-state index in [4.69, 9.17) is 0 Å². The molecule has 1 aliphatic carbocycles. The highest BCUT2D eigenvalue weighted by Gasteiger charge is 2.39. The third-order valence-electron chi connectivity index (χ3n) is 6.73. The molecular weight excluding hydrogens is 390 g/mol. The Bertz CT molecular complexity index is 931. The molecule has 164 valence electrons. The Kier molecular flexibility index (Phi) is 5.76. The molecule has 1 saturated carbocycles. The second kappa shape index (κ2) is 8.83. The zero-order valence-electron chi connectivity index (χ0n) is 17.9. The van der Waals surface area contributed by atoms with Crippen LogP contribution >= 0.6 is 0 Å². The summed E-state index contributed by atoms with van der Waals surface area (Å²) in [5, 5.41) is 11.2. The van der Waals surface area contributed by atoms with Crippen LogP contribution in [0.4, 0.5) is 5.69 Å². The van der Waals surface area contributed by atoms with Crippen LogP contribution in [-0.2, 0) is 17.8 Å². The maximum absolute atomic E-state index is 13.1. The van der Waals surface area contributed by atoms with Crippen molar-refractivity contribution < 1.29 is 9.59 Å². The minimum atomic E-state index is -0.178. The molecule has 1 aromatic carbocycles. The van der Waals surface area contributed by atoms with Crippen LogP contribution in [0.25, 0.3) is 0 Å². The molecule has 2 aliphatic heterocycles. The fourth-order valence-electron chi connectivity index (χ4n) is 4.76. The maximum atomic E-state index is 13.1. The monoisotopic (exact) mass is 421 g/mol. The van der Waals surface area contributed by atoms with E-state index in [0.717, 1.165) is 44.5 Å². The molecule has 2 N–H and O–H groups in total. The first-order chi connectivity index (χ1) is 15.2. The van der Waals surface area contributed by atoms with Crippen molar-refractivity contribution in [2.45, 2.75) is 51.1 Å². The molecule has 7 nitrogen and oxygen atoms in total. The van der Waals surface area contributed by atoms with E-state index in [1.807, 2.05) is 34.0 Å². The third-order valence-corrected chi connectivity index (χ3v) is 6.73. The molecule has 1 aromatic heterocycles. The number of carbonyl (C=O) groups is 2. The van der Waals surface area contributed by atoms with Gasteiger partial charge in [-0.2, -0.15) is 5.10 Å². The maximum Gasteiger partial charge on any atom is 0.274 e. The molecule has 0 radical (unpaired) electrons. The van der Waals surface area contributed by atoms with Crippen molar-refractivity contribution >= 4 is 17.5 Å². The first-order valence-corrected chi connectivity index (χ1v) is 11.6. The average Bonchev–Trinajstić information content (AvgIpc) is 3.57. The quantitative estimate of drug-likeness (QED) is 0.751. The van der Waals surface area contributed by atoms with E-state index in [9.17, 15) is 9.59 Å². The molecular formula is C24H31N5O2. The van der Waals surface area contributed by atoms with Gasteiger partial charge in [0.15, 0.2) is 5.69 Å². The summed E-state index contributed by atoms with van der Waals surface area (Å²) in [7, 11) is 0. The number of aromatic nitrogens is 2. The minimum absolute atomic E-state index is 0.0940. The van der Waals surface area contributed by atoms with Crippen molar-refractivity contribution in [1.82, 2.24) is 20.4 Å². The Morgan fingerprint density at radius 2 is 1.87 bits per heavy atom. The Balaban J connectivity index is 1.35. The Hall–Kier alpha value is -2.67. The van der Waals surface area contributed by atoms with Gasteiger partial charge in [-0.1, -0.05) is 30.3 Å². The molecule has 3 aliphatic rings. The lowest BCUT2D eigenvalue weighted by Gasteiger charge is -2.25. The van der Waals surface area contributed by atoms with Gasteiger partial charge in [-0.3, -0.25) is 14.3 Å². The lowest BCUT2D eigenvalue weighted by atomic mass is 9.95. The smallest absolute Gasteiger partial charge is 0.274 e. The van der Waals surface area contributed by atoms with Crippen LogP contribution in [0.15, 0.2) is 36.5 Å². The molecule has 2 fully saturated rings. The summed E-state index contributed by atoms with van der Waals surface area (Å²) < 4.78 is 1.87. The van der Waals surface area contributed by atoms with Gasteiger partial charge in [0, 0.05) is 25.2 Å². The van der Waals surface area contributed by atoms with Crippen molar-refractivity contribution in [3.63, 3.8) is 0 Å². The number of nitrogens with one attached hydrogen (secondary N) is 2. The third kappa shape index (κ3) is 4.66. The standard InChI is InChI=1S/C24H31N5O2/c30-23-22-21(16-28(27-22)13-10-17-8-11-25-12-9-17)29(24(31)19-6-7-19)15-20(26-23)14-18-4-2-1-3-5-18/h1-5,16-17,19-20,25H,6-15H2,(H,26,30)/t20-/m0/s1. The number of amides is 2. The predicted molar refractivity (Wildman–Crippen MR) is 119 cm³/mol. The molecule has 0 bridgehead atoms. The van der Waals surface area contributed by atoms with Crippen LogP contribution in [0.2, 0.25) is 0 Å². The van der Waals surface area contributed by atoms with Gasteiger partial charge in [0.05, 0.1) is 11.7 Å². The number of rotatable bonds is 6. The molecule has 5 rings (SSSR count). The summed E-state index contributed by atoms with van der Waals surface area (Å²) >= 11 is 0. The summed E-state index contributed by atoms with van der Waals surface area (Å²) in [4.78, 5) is 28.0. The summed E-state index contributed by atoms with van der Waals surface area (Å²) in [6.07, 6.45) is 7.93. The second-order valence-corrected chi connectivity index (χ2v) is 9.19. The van der Waals surface area contributed by atoms with Crippen LogP contribution < -0.4 is 15.5 Å². The van der Waals surface area contributed by atoms with Crippen molar-refractivity contribution in [1.29, 1.82) is 0 Å². The van der Waals surface area contributed by atoms with Crippen molar-refractivity contribution in [2.24, 2.45) is 11.8 Å². The van der Waals surface area contributed by atoms with Gasteiger partial charge in [0.2, 0.25) is 5.91 Å². The number of nitrogens with zero attached hydrogens (tertiary/aromatic N) is 3. The first-order valence-electron chi connectivity index (χ1n) is 11.6. The van der Waals surface area contributed by atoms with E-state index in [1.165, 1.54) is 12.8 Å². The fourth-order valence-corrected chi connectivity index (χ4v) is 4.76. The first kappa shape index (κ1) is 20.2. The molecule has 1 saturated heterocycles. The molecule has 2 amide bonds. The molecule has 31 heavy (non-hydrogen) atoms. The van der Waals surface area contributed by atoms with Crippen LogP contribution in [0.5, 0.6) is 0 Å². The molecule has 7 heteroatoms. The van der Waals surface area contributed by atoms with E-state index in [0.29, 0.717) is 30.3 Å². The van der Waals surface area contributed by atoms with E-state index >= 15 is 0 Å². The number of aryl methyl sites for hydroxylation is 1. The topological polar surface area (TPSA) is 79.3 Å². The number of benzene rings is 1. The lowest BCUT2D eigenvalue weighted by molar-refractivity contribution is -0.119. The van der Waals surface area contributed by atoms with Crippen LogP contribution in [0.1, 0.15) is 48.2 Å². The second-order valence-electron chi connectivity index (χ2n) is 9.19. The van der Waals surface area contributed by atoms with Gasteiger partial charge in [0.1, 0.15) is 0 Å². The van der Waals surface area contributed by atoms with E-state index in [2.05, 4.69) is 27.9 Å². The summed E-state index contributed by atoms with van der Waals surface area (Å²) in [6.45, 7) is 3.43. The van der Waals surface area contributed by atoms with Crippen molar-refractivity contribution in [3.05, 3.63) is 47.8 Å². The zero-order valence-corrected chi connectivity index (χ0v) is 17.9. The average molecular weight is 422 g/mol. The largest absolute Gasteiger partial charge is 0.346 e. The number of hydrogen-bond donors (Lipinski definition) is 2. The molecule has 2 aromatic rings. The van der Waals surface area contributed by atoms with Gasteiger partial charge < -0.3 is 15.5 Å². The Morgan fingerprint density at radius 3 is 2.61 bits per heavy atom. The molecule has 0 unspecified atom stereocenters. The number of carbonyl (C=O) groups excluding carboxylic acids is 2. The highest BCUT2D eigenvalue weighted by Crippen LogP contribution is 2.35. The Morgan fingerprint density at radius 1 is 1.10 bits per heavy atom. The van der Waals surface area contributed by atoms with Gasteiger partial charge in [-0.25, -0.2) is 0 Å². The SMILES string of the molecule is O=C1N[C@@H](Cc2ccccc2)CN(C(=O)C2CC2)c2cn(CCC3CCNCC3)nc21. The highest BCUT2D eigenvalue weighted by atomic mass is 16.2. The van der Waals surface area contributed by atoms with Crippen molar-refractivity contribution in [2.75, 3.05) is 24.5 Å². The molecule has 1 atom stereocenters. The normalized spacial score (nSPS) is 22.0. The highest BCUT2D eigenvalue weighted by molar-refractivity contribution is 6.05. The van der Waals surface area contributed by atoms with Gasteiger partial charge in [-0.05, 0) is 63.1 Å². The fraction of sp³-hybridized carbons (Fsp3) is 0.542.